The van der Waals surface area contributed by atoms with Gasteiger partial charge in [0.15, 0.2) is 0 Å². The van der Waals surface area contributed by atoms with E-state index in [1.54, 1.807) is 7.11 Å². The number of ether oxygens (including phenoxy) is 1. The molecule has 1 saturated heterocycles. The number of likely N-dealkylation sites (tertiary alicyclic amines) is 1. The van der Waals surface area contributed by atoms with E-state index in [0.717, 1.165) is 25.3 Å². The van der Waals surface area contributed by atoms with Gasteiger partial charge in [0.2, 0.25) is 0 Å². The van der Waals surface area contributed by atoms with Crippen LogP contribution in [0, 0.1) is 0 Å². The highest BCUT2D eigenvalue weighted by Crippen LogP contribution is 2.33. The lowest BCUT2D eigenvalue weighted by molar-refractivity contribution is 0.152. The predicted octanol–water partition coefficient (Wildman–Crippen LogP) is 3.74. The molecule has 0 spiro atoms. The molecule has 1 heterocycles. The molecule has 1 fully saturated rings. The van der Waals surface area contributed by atoms with Gasteiger partial charge in [0.05, 0.1) is 13.2 Å². The van der Waals surface area contributed by atoms with E-state index in [9.17, 15) is 0 Å². The minimum absolute atomic E-state index is 0.153. The summed E-state index contributed by atoms with van der Waals surface area (Å²) >= 11 is 0. The van der Waals surface area contributed by atoms with Crippen LogP contribution < -0.4 is 10.5 Å². The summed E-state index contributed by atoms with van der Waals surface area (Å²) < 4.78 is 5.59. The highest BCUT2D eigenvalue weighted by Gasteiger charge is 2.28. The van der Waals surface area contributed by atoms with Crippen LogP contribution in [0.4, 0.5) is 0 Å². The number of hydrogen-bond acceptors (Lipinski definition) is 3. The Bertz CT molecular complexity index is 413. The van der Waals surface area contributed by atoms with Gasteiger partial charge in [-0.05, 0) is 38.4 Å². The van der Waals surface area contributed by atoms with E-state index in [2.05, 4.69) is 30.0 Å². The normalized spacial score (nSPS) is 20.3. The average Bonchev–Trinajstić information content (AvgIpc) is 2.49. The standard InChI is InChI=1S/C18H30N2O/c1-3-16(19)18(15-11-7-8-12-17(15)21-2)20-13-9-5-4-6-10-14-20/h7-8,11-12,16,18H,3-6,9-10,13-14,19H2,1-2H3. The molecule has 3 heteroatoms. The monoisotopic (exact) mass is 290 g/mol. The van der Waals surface area contributed by atoms with Crippen molar-refractivity contribution in [1.29, 1.82) is 0 Å². The Morgan fingerprint density at radius 1 is 1.10 bits per heavy atom. The number of rotatable bonds is 5. The number of nitrogens with two attached hydrogens (primary N) is 1. The Balaban J connectivity index is 2.28. The first kappa shape index (κ1) is 16.3. The van der Waals surface area contributed by atoms with Gasteiger partial charge >= 0.3 is 0 Å². The summed E-state index contributed by atoms with van der Waals surface area (Å²) in [5.41, 5.74) is 7.74. The maximum atomic E-state index is 6.50. The summed E-state index contributed by atoms with van der Waals surface area (Å²) in [4.78, 5) is 2.59. The average molecular weight is 290 g/mol. The highest BCUT2D eigenvalue weighted by molar-refractivity contribution is 5.36. The SMILES string of the molecule is CCC(N)C(c1ccccc1OC)N1CCCCCCC1. The minimum atomic E-state index is 0.153. The number of hydrogen-bond donors (Lipinski definition) is 1. The molecule has 118 valence electrons. The fraction of sp³-hybridized carbons (Fsp3) is 0.667. The Hall–Kier alpha value is -1.06. The summed E-state index contributed by atoms with van der Waals surface area (Å²) in [5.74, 6) is 0.966. The number of methoxy groups -OCH3 is 1. The lowest BCUT2D eigenvalue weighted by Gasteiger charge is -2.37. The van der Waals surface area contributed by atoms with Crippen LogP contribution in [0.1, 0.15) is 57.1 Å². The van der Waals surface area contributed by atoms with E-state index in [1.165, 1.54) is 37.7 Å². The van der Waals surface area contributed by atoms with Gasteiger partial charge < -0.3 is 10.5 Å². The molecule has 0 saturated carbocycles. The quantitative estimate of drug-likeness (QED) is 0.898. The molecular formula is C18H30N2O. The van der Waals surface area contributed by atoms with Gasteiger partial charge in [0.1, 0.15) is 5.75 Å². The molecular weight excluding hydrogens is 260 g/mol. The van der Waals surface area contributed by atoms with E-state index in [-0.39, 0.29) is 12.1 Å². The van der Waals surface area contributed by atoms with Crippen molar-refractivity contribution >= 4 is 0 Å². The van der Waals surface area contributed by atoms with Crippen molar-refractivity contribution in [2.24, 2.45) is 5.73 Å². The fourth-order valence-electron chi connectivity index (χ4n) is 3.38. The van der Waals surface area contributed by atoms with E-state index < -0.39 is 0 Å². The van der Waals surface area contributed by atoms with E-state index in [1.807, 2.05) is 6.07 Å². The molecule has 1 aliphatic rings. The molecule has 2 unspecified atom stereocenters. The molecule has 21 heavy (non-hydrogen) atoms. The van der Waals surface area contributed by atoms with Crippen molar-refractivity contribution in [2.75, 3.05) is 20.2 Å². The van der Waals surface area contributed by atoms with E-state index in [0.29, 0.717) is 0 Å². The van der Waals surface area contributed by atoms with E-state index in [4.69, 9.17) is 10.5 Å². The van der Waals surface area contributed by atoms with Crippen LogP contribution in [0.3, 0.4) is 0 Å². The molecule has 1 aliphatic heterocycles. The summed E-state index contributed by atoms with van der Waals surface area (Å²) in [5, 5.41) is 0. The lowest BCUT2D eigenvalue weighted by Crippen LogP contribution is -2.42. The lowest BCUT2D eigenvalue weighted by atomic mass is 9.94. The summed E-state index contributed by atoms with van der Waals surface area (Å²) in [6.45, 7) is 4.48. The molecule has 0 radical (unpaired) electrons. The first-order valence-corrected chi connectivity index (χ1v) is 8.40. The number of para-hydroxylation sites is 1. The smallest absolute Gasteiger partial charge is 0.123 e. The molecule has 0 aliphatic carbocycles. The molecule has 2 N–H and O–H groups in total. The Kier molecular flexibility index (Phi) is 6.52. The molecule has 1 aromatic rings. The third kappa shape index (κ3) is 4.21. The van der Waals surface area contributed by atoms with Gasteiger partial charge in [-0.3, -0.25) is 4.90 Å². The zero-order valence-corrected chi connectivity index (χ0v) is 13.6. The fourth-order valence-corrected chi connectivity index (χ4v) is 3.38. The Morgan fingerprint density at radius 2 is 1.71 bits per heavy atom. The van der Waals surface area contributed by atoms with Gasteiger partial charge in [-0.15, -0.1) is 0 Å². The van der Waals surface area contributed by atoms with Crippen LogP contribution >= 0.6 is 0 Å². The molecule has 1 aromatic carbocycles. The largest absolute Gasteiger partial charge is 0.496 e. The van der Waals surface area contributed by atoms with Crippen LogP contribution in [0.25, 0.3) is 0 Å². The van der Waals surface area contributed by atoms with Crippen LogP contribution in [-0.2, 0) is 0 Å². The second-order valence-electron chi connectivity index (χ2n) is 6.06. The van der Waals surface area contributed by atoms with Crippen LogP contribution in [0.5, 0.6) is 5.75 Å². The second-order valence-corrected chi connectivity index (χ2v) is 6.06. The molecule has 0 aromatic heterocycles. The van der Waals surface area contributed by atoms with Gasteiger partial charge in [-0.1, -0.05) is 44.4 Å². The topological polar surface area (TPSA) is 38.5 Å². The minimum Gasteiger partial charge on any atom is -0.496 e. The second kappa shape index (κ2) is 8.40. The maximum absolute atomic E-state index is 6.50. The first-order chi connectivity index (χ1) is 10.3. The van der Waals surface area contributed by atoms with Gasteiger partial charge in [0, 0.05) is 11.6 Å². The Labute approximate surface area is 129 Å². The summed E-state index contributed by atoms with van der Waals surface area (Å²) in [6.07, 6.45) is 7.61. The van der Waals surface area contributed by atoms with Crippen LogP contribution in [-0.4, -0.2) is 31.1 Å². The van der Waals surface area contributed by atoms with Gasteiger partial charge in [-0.25, -0.2) is 0 Å². The molecule has 0 bridgehead atoms. The summed E-state index contributed by atoms with van der Waals surface area (Å²) in [6, 6.07) is 8.78. The van der Waals surface area contributed by atoms with Crippen molar-refractivity contribution in [3.63, 3.8) is 0 Å². The molecule has 2 atom stereocenters. The molecule has 3 nitrogen and oxygen atoms in total. The third-order valence-electron chi connectivity index (χ3n) is 4.62. The summed E-state index contributed by atoms with van der Waals surface area (Å²) in [7, 11) is 1.75. The number of benzene rings is 1. The van der Waals surface area contributed by atoms with Gasteiger partial charge in [0.25, 0.3) is 0 Å². The molecule has 2 rings (SSSR count). The van der Waals surface area contributed by atoms with Crippen molar-refractivity contribution in [3.8, 4) is 5.75 Å². The van der Waals surface area contributed by atoms with Crippen molar-refractivity contribution in [1.82, 2.24) is 4.90 Å². The van der Waals surface area contributed by atoms with Crippen molar-refractivity contribution in [2.45, 2.75) is 57.5 Å². The highest BCUT2D eigenvalue weighted by atomic mass is 16.5. The van der Waals surface area contributed by atoms with Crippen molar-refractivity contribution in [3.05, 3.63) is 29.8 Å². The number of nitrogens with zero attached hydrogens (tertiary/aromatic N) is 1. The maximum Gasteiger partial charge on any atom is 0.123 e. The molecule has 0 amide bonds. The first-order valence-electron chi connectivity index (χ1n) is 8.40. The predicted molar refractivity (Wildman–Crippen MR) is 88.7 cm³/mol. The Morgan fingerprint density at radius 3 is 2.33 bits per heavy atom. The van der Waals surface area contributed by atoms with Crippen LogP contribution in [0.15, 0.2) is 24.3 Å². The van der Waals surface area contributed by atoms with Crippen LogP contribution in [0.2, 0.25) is 0 Å². The third-order valence-corrected chi connectivity index (χ3v) is 4.62. The van der Waals surface area contributed by atoms with Gasteiger partial charge in [-0.2, -0.15) is 0 Å². The van der Waals surface area contributed by atoms with Crippen molar-refractivity contribution < 1.29 is 4.74 Å². The van der Waals surface area contributed by atoms with E-state index >= 15 is 0 Å². The zero-order valence-electron chi connectivity index (χ0n) is 13.6. The zero-order chi connectivity index (χ0) is 15.1.